The summed E-state index contributed by atoms with van der Waals surface area (Å²) >= 11 is 6.26. The fraction of sp³-hybridized carbons (Fsp3) is 0.462. The third kappa shape index (κ3) is 7.45. The van der Waals surface area contributed by atoms with E-state index in [0.717, 1.165) is 47.4 Å². The lowest BCUT2D eigenvalue weighted by atomic mass is 9.95. The summed E-state index contributed by atoms with van der Waals surface area (Å²) in [6.07, 6.45) is 6.22. The van der Waals surface area contributed by atoms with Crippen LogP contribution in [0.2, 0.25) is 5.02 Å². The maximum atomic E-state index is 13.6. The van der Waals surface area contributed by atoms with E-state index >= 15 is 0 Å². The van der Waals surface area contributed by atoms with Gasteiger partial charge in [0.05, 0.1) is 17.0 Å². The Morgan fingerprint density at radius 2 is 1.69 bits per heavy atom. The first-order valence-electron chi connectivity index (χ1n) is 11.9. The Hall–Kier alpha value is -2.58. The van der Waals surface area contributed by atoms with Crippen molar-refractivity contribution in [2.45, 2.75) is 64.6 Å². The minimum Gasteiger partial charge on any atom is -0.352 e. The van der Waals surface area contributed by atoms with Gasteiger partial charge in [0.15, 0.2) is 0 Å². The molecule has 1 saturated carbocycles. The zero-order valence-corrected chi connectivity index (χ0v) is 22.1. The summed E-state index contributed by atoms with van der Waals surface area (Å²) < 4.78 is 26.2. The second kappa shape index (κ2) is 11.9. The van der Waals surface area contributed by atoms with Crippen molar-refractivity contribution in [3.8, 4) is 0 Å². The van der Waals surface area contributed by atoms with E-state index in [1.807, 2.05) is 31.2 Å². The first-order chi connectivity index (χ1) is 16.6. The van der Waals surface area contributed by atoms with Gasteiger partial charge in [-0.05, 0) is 44.4 Å². The van der Waals surface area contributed by atoms with Gasteiger partial charge in [-0.25, -0.2) is 8.42 Å². The number of para-hydroxylation sites is 1. The van der Waals surface area contributed by atoms with Gasteiger partial charge in [0.25, 0.3) is 0 Å². The average Bonchev–Trinajstić information content (AvgIpc) is 2.82. The Bertz CT molecular complexity index is 1130. The lowest BCUT2D eigenvalue weighted by Crippen LogP contribution is -2.53. The normalized spacial score (nSPS) is 15.3. The van der Waals surface area contributed by atoms with Gasteiger partial charge >= 0.3 is 0 Å². The number of nitrogens with one attached hydrogen (secondary N) is 1. The summed E-state index contributed by atoms with van der Waals surface area (Å²) in [7, 11) is -3.82. The van der Waals surface area contributed by atoms with E-state index in [1.165, 1.54) is 11.3 Å². The van der Waals surface area contributed by atoms with Crippen LogP contribution in [0.4, 0.5) is 5.69 Å². The molecular weight excluding hydrogens is 486 g/mol. The smallest absolute Gasteiger partial charge is 0.244 e. The number of nitrogens with zero attached hydrogens (tertiary/aromatic N) is 2. The lowest BCUT2D eigenvalue weighted by molar-refractivity contribution is -0.139. The summed E-state index contributed by atoms with van der Waals surface area (Å²) in [4.78, 5) is 28.2. The van der Waals surface area contributed by atoms with Crippen LogP contribution < -0.4 is 9.62 Å². The van der Waals surface area contributed by atoms with Gasteiger partial charge in [0.2, 0.25) is 21.8 Å². The number of amides is 2. The number of benzene rings is 2. The summed E-state index contributed by atoms with van der Waals surface area (Å²) in [5.74, 6) is -0.719. The van der Waals surface area contributed by atoms with Crippen molar-refractivity contribution in [3.63, 3.8) is 0 Å². The molecule has 1 atom stereocenters. The fourth-order valence-electron chi connectivity index (χ4n) is 4.29. The van der Waals surface area contributed by atoms with Crippen molar-refractivity contribution in [2.24, 2.45) is 0 Å². The van der Waals surface area contributed by atoms with Gasteiger partial charge in [-0.3, -0.25) is 13.9 Å². The second-order valence-electron chi connectivity index (χ2n) is 9.25. The van der Waals surface area contributed by atoms with Crippen molar-refractivity contribution >= 4 is 39.1 Å². The van der Waals surface area contributed by atoms with Gasteiger partial charge in [-0.1, -0.05) is 72.8 Å². The molecule has 1 aliphatic carbocycles. The Balaban J connectivity index is 1.87. The van der Waals surface area contributed by atoms with E-state index < -0.39 is 28.5 Å². The van der Waals surface area contributed by atoms with Gasteiger partial charge in [0.1, 0.15) is 12.6 Å². The van der Waals surface area contributed by atoms with Gasteiger partial charge in [0, 0.05) is 12.6 Å². The molecule has 0 spiro atoms. The molecule has 2 amide bonds. The molecule has 0 aliphatic heterocycles. The van der Waals surface area contributed by atoms with Gasteiger partial charge in [-0.2, -0.15) is 0 Å². The first kappa shape index (κ1) is 27.0. The molecule has 0 radical (unpaired) electrons. The maximum absolute atomic E-state index is 13.6. The van der Waals surface area contributed by atoms with Crippen LogP contribution in [0.1, 0.15) is 50.2 Å². The van der Waals surface area contributed by atoms with E-state index in [4.69, 9.17) is 11.6 Å². The van der Waals surface area contributed by atoms with Crippen molar-refractivity contribution in [2.75, 3.05) is 17.1 Å². The molecular formula is C26H34ClN3O4S. The molecule has 0 saturated heterocycles. The molecule has 0 aromatic heterocycles. The molecule has 190 valence electrons. The van der Waals surface area contributed by atoms with Crippen molar-refractivity contribution < 1.29 is 18.0 Å². The molecule has 1 aliphatic rings. The number of halogens is 1. The number of hydrogen-bond acceptors (Lipinski definition) is 4. The fourth-order valence-corrected chi connectivity index (χ4v) is 5.44. The van der Waals surface area contributed by atoms with E-state index in [9.17, 15) is 18.0 Å². The summed E-state index contributed by atoms with van der Waals surface area (Å²) in [5, 5.41) is 3.31. The minimum atomic E-state index is -3.82. The van der Waals surface area contributed by atoms with Crippen LogP contribution in [0.25, 0.3) is 0 Å². The molecule has 7 nitrogen and oxygen atoms in total. The molecule has 9 heteroatoms. The molecule has 1 fully saturated rings. The average molecular weight is 520 g/mol. The van der Waals surface area contributed by atoms with Crippen molar-refractivity contribution in [3.05, 3.63) is 64.7 Å². The lowest BCUT2D eigenvalue weighted by Gasteiger charge is -2.33. The highest BCUT2D eigenvalue weighted by atomic mass is 35.5. The van der Waals surface area contributed by atoms with Crippen molar-refractivity contribution in [1.29, 1.82) is 0 Å². The number of carbonyl (C=O) groups excluding carboxylic acids is 2. The van der Waals surface area contributed by atoms with Crippen LogP contribution in [0.3, 0.4) is 0 Å². The molecule has 3 rings (SSSR count). The molecule has 2 aromatic carbocycles. The van der Waals surface area contributed by atoms with Gasteiger partial charge < -0.3 is 10.2 Å². The maximum Gasteiger partial charge on any atom is 0.244 e. The zero-order chi connectivity index (χ0) is 25.6. The Labute approximate surface area is 213 Å². The van der Waals surface area contributed by atoms with Crippen LogP contribution in [-0.4, -0.2) is 50.0 Å². The predicted octanol–water partition coefficient (Wildman–Crippen LogP) is 4.28. The van der Waals surface area contributed by atoms with Crippen molar-refractivity contribution in [1.82, 2.24) is 10.2 Å². The topological polar surface area (TPSA) is 86.8 Å². The van der Waals surface area contributed by atoms with Crippen LogP contribution in [0, 0.1) is 6.92 Å². The largest absolute Gasteiger partial charge is 0.352 e. The standard InChI is InChI=1S/C26H34ClN3O4S/c1-19-13-15-21(16-14-19)17-29(20(2)26(32)28-22-9-5-4-6-10-22)25(31)18-30(35(3,33)34)24-12-8-7-11-23(24)27/h7-8,11-16,20,22H,4-6,9-10,17-18H2,1-3H3,(H,28,32)/t20-/m1/s1. The first-order valence-corrected chi connectivity index (χ1v) is 14.2. The second-order valence-corrected chi connectivity index (χ2v) is 11.6. The predicted molar refractivity (Wildman–Crippen MR) is 140 cm³/mol. The molecule has 0 unspecified atom stereocenters. The van der Waals surface area contributed by atoms with E-state index in [2.05, 4.69) is 5.32 Å². The number of sulfonamides is 1. The van der Waals surface area contributed by atoms with Crippen LogP contribution in [0.5, 0.6) is 0 Å². The SMILES string of the molecule is Cc1ccc(CN(C(=O)CN(c2ccccc2Cl)S(C)(=O)=O)[C@H](C)C(=O)NC2CCCCC2)cc1. The molecule has 0 bridgehead atoms. The van der Waals surface area contributed by atoms with E-state index in [0.29, 0.717) is 0 Å². The summed E-state index contributed by atoms with van der Waals surface area (Å²) in [6.45, 7) is 3.37. The number of anilines is 1. The highest BCUT2D eigenvalue weighted by Gasteiger charge is 2.31. The number of carbonyl (C=O) groups is 2. The zero-order valence-electron chi connectivity index (χ0n) is 20.5. The highest BCUT2D eigenvalue weighted by Crippen LogP contribution is 2.27. The minimum absolute atomic E-state index is 0.102. The quantitative estimate of drug-likeness (QED) is 0.535. The molecule has 2 aromatic rings. The molecule has 1 N–H and O–H groups in total. The van der Waals surface area contributed by atoms with Crippen LogP contribution >= 0.6 is 11.6 Å². The molecule has 0 heterocycles. The highest BCUT2D eigenvalue weighted by molar-refractivity contribution is 7.92. The van der Waals surface area contributed by atoms with Crippen LogP contribution in [0.15, 0.2) is 48.5 Å². The number of aryl methyl sites for hydroxylation is 1. The third-order valence-electron chi connectivity index (χ3n) is 6.39. The summed E-state index contributed by atoms with van der Waals surface area (Å²) in [5.41, 5.74) is 2.15. The van der Waals surface area contributed by atoms with Gasteiger partial charge in [-0.15, -0.1) is 0 Å². The number of rotatable bonds is 9. The third-order valence-corrected chi connectivity index (χ3v) is 7.84. The Morgan fingerprint density at radius 3 is 2.29 bits per heavy atom. The Kier molecular flexibility index (Phi) is 9.19. The molecule has 35 heavy (non-hydrogen) atoms. The van der Waals surface area contributed by atoms with Crippen LogP contribution in [-0.2, 0) is 26.2 Å². The number of hydrogen-bond donors (Lipinski definition) is 1. The van der Waals surface area contributed by atoms with E-state index in [1.54, 1.807) is 31.2 Å². The summed E-state index contributed by atoms with van der Waals surface area (Å²) in [6, 6.07) is 13.5. The van der Waals surface area contributed by atoms with E-state index in [-0.39, 0.29) is 29.2 Å². The Morgan fingerprint density at radius 1 is 1.06 bits per heavy atom. The monoisotopic (exact) mass is 519 g/mol.